The summed E-state index contributed by atoms with van der Waals surface area (Å²) in [6, 6.07) is 1.87. The molecule has 0 bridgehead atoms. The molecule has 0 aliphatic heterocycles. The van der Waals surface area contributed by atoms with Gasteiger partial charge in [0.2, 0.25) is 5.91 Å². The fraction of sp³-hybridized carbons (Fsp3) is 0.583. The van der Waals surface area contributed by atoms with Gasteiger partial charge in [-0.2, -0.15) is 11.3 Å². The number of carbonyl (C=O) groups is 1. The molecule has 0 aromatic carbocycles. The van der Waals surface area contributed by atoms with Crippen molar-refractivity contribution in [1.29, 1.82) is 0 Å². The second kappa shape index (κ2) is 4.97. The van der Waals surface area contributed by atoms with E-state index in [1.54, 1.807) is 11.3 Å². The normalized spacial score (nSPS) is 19.3. The van der Waals surface area contributed by atoms with E-state index in [9.17, 15) is 9.90 Å². The minimum atomic E-state index is -0.766. The van der Waals surface area contributed by atoms with Gasteiger partial charge in [-0.15, -0.1) is 0 Å². The van der Waals surface area contributed by atoms with E-state index in [4.69, 9.17) is 0 Å². The predicted molar refractivity (Wildman–Crippen MR) is 65.6 cm³/mol. The Morgan fingerprint density at radius 3 is 2.81 bits per heavy atom. The zero-order valence-corrected chi connectivity index (χ0v) is 10.1. The van der Waals surface area contributed by atoms with Crippen molar-refractivity contribution in [2.45, 2.75) is 44.1 Å². The molecule has 1 heterocycles. The lowest BCUT2D eigenvalue weighted by Gasteiger charge is -2.31. The van der Waals surface area contributed by atoms with E-state index in [2.05, 4.69) is 5.32 Å². The quantitative estimate of drug-likeness (QED) is 0.852. The Morgan fingerprint density at radius 1 is 1.44 bits per heavy atom. The molecule has 2 rings (SSSR count). The Bertz CT molecular complexity index is 342. The topological polar surface area (TPSA) is 49.3 Å². The largest absolute Gasteiger partial charge is 0.389 e. The Kier molecular flexibility index (Phi) is 3.61. The number of hydrogen-bond donors (Lipinski definition) is 2. The third-order valence-corrected chi connectivity index (χ3v) is 3.76. The monoisotopic (exact) mass is 239 g/mol. The van der Waals surface area contributed by atoms with Gasteiger partial charge >= 0.3 is 0 Å². The summed E-state index contributed by atoms with van der Waals surface area (Å²) in [6.07, 6.45) is 4.97. The number of hydrogen-bond acceptors (Lipinski definition) is 3. The molecule has 1 saturated carbocycles. The van der Waals surface area contributed by atoms with Gasteiger partial charge in [-0.25, -0.2) is 0 Å². The molecule has 0 spiro atoms. The van der Waals surface area contributed by atoms with Crippen LogP contribution in [0.15, 0.2) is 16.8 Å². The predicted octanol–water partition coefficient (Wildman–Crippen LogP) is 2.77. The van der Waals surface area contributed by atoms with Gasteiger partial charge < -0.3 is 10.4 Å². The molecule has 0 unspecified atom stereocenters. The molecular weight excluding hydrogens is 222 g/mol. The van der Waals surface area contributed by atoms with Crippen molar-refractivity contribution in [1.82, 2.24) is 0 Å². The maximum atomic E-state index is 11.7. The van der Waals surface area contributed by atoms with E-state index < -0.39 is 5.60 Å². The van der Waals surface area contributed by atoms with Gasteiger partial charge in [0.25, 0.3) is 0 Å². The first kappa shape index (κ1) is 11.6. The summed E-state index contributed by atoms with van der Waals surface area (Å²) in [6.45, 7) is 0. The lowest BCUT2D eigenvalue weighted by molar-refractivity contribution is -0.122. The molecule has 1 aromatic heterocycles. The SMILES string of the molecule is O=C(CC1(O)CCCCC1)Nc1ccsc1. The lowest BCUT2D eigenvalue weighted by atomic mass is 9.82. The summed E-state index contributed by atoms with van der Waals surface area (Å²) in [4.78, 5) is 11.7. The minimum Gasteiger partial charge on any atom is -0.389 e. The zero-order valence-electron chi connectivity index (χ0n) is 9.24. The molecule has 1 aliphatic carbocycles. The third-order valence-electron chi connectivity index (χ3n) is 3.08. The van der Waals surface area contributed by atoms with E-state index in [-0.39, 0.29) is 12.3 Å². The number of aliphatic hydroxyl groups is 1. The number of thiophene rings is 1. The number of rotatable bonds is 3. The average Bonchev–Trinajstić information content (AvgIpc) is 2.70. The van der Waals surface area contributed by atoms with Gasteiger partial charge in [-0.05, 0) is 24.3 Å². The molecule has 16 heavy (non-hydrogen) atoms. The van der Waals surface area contributed by atoms with Crippen molar-refractivity contribution in [2.75, 3.05) is 5.32 Å². The van der Waals surface area contributed by atoms with Crippen LogP contribution in [0.3, 0.4) is 0 Å². The molecule has 88 valence electrons. The van der Waals surface area contributed by atoms with Crippen molar-refractivity contribution < 1.29 is 9.90 Å². The Morgan fingerprint density at radius 2 is 2.19 bits per heavy atom. The van der Waals surface area contributed by atoms with Gasteiger partial charge in [0.15, 0.2) is 0 Å². The summed E-state index contributed by atoms with van der Waals surface area (Å²) < 4.78 is 0. The highest BCUT2D eigenvalue weighted by Crippen LogP contribution is 2.31. The Balaban J connectivity index is 1.86. The number of nitrogens with one attached hydrogen (secondary N) is 1. The first-order valence-corrected chi connectivity index (χ1v) is 6.67. The lowest BCUT2D eigenvalue weighted by Crippen LogP contribution is -2.35. The molecule has 0 radical (unpaired) electrons. The van der Waals surface area contributed by atoms with Crippen LogP contribution in [0.1, 0.15) is 38.5 Å². The fourth-order valence-corrected chi connectivity index (χ4v) is 2.81. The van der Waals surface area contributed by atoms with Crippen LogP contribution in [-0.4, -0.2) is 16.6 Å². The zero-order chi connectivity index (χ0) is 11.4. The molecule has 1 amide bonds. The summed E-state index contributed by atoms with van der Waals surface area (Å²) in [5.41, 5.74) is 0.0626. The molecule has 3 nitrogen and oxygen atoms in total. The highest BCUT2D eigenvalue weighted by atomic mass is 32.1. The van der Waals surface area contributed by atoms with E-state index >= 15 is 0 Å². The Labute approximate surface area is 99.5 Å². The molecule has 1 fully saturated rings. The van der Waals surface area contributed by atoms with Crippen molar-refractivity contribution in [3.05, 3.63) is 16.8 Å². The van der Waals surface area contributed by atoms with Crippen molar-refractivity contribution in [3.8, 4) is 0 Å². The summed E-state index contributed by atoms with van der Waals surface area (Å²) >= 11 is 1.55. The maximum absolute atomic E-state index is 11.7. The van der Waals surface area contributed by atoms with Gasteiger partial charge in [0.05, 0.1) is 17.7 Å². The van der Waals surface area contributed by atoms with Crippen LogP contribution in [0.25, 0.3) is 0 Å². The second-order valence-electron chi connectivity index (χ2n) is 4.52. The minimum absolute atomic E-state index is 0.0807. The van der Waals surface area contributed by atoms with Crippen molar-refractivity contribution in [3.63, 3.8) is 0 Å². The van der Waals surface area contributed by atoms with Crippen LogP contribution in [0.5, 0.6) is 0 Å². The van der Waals surface area contributed by atoms with Crippen LogP contribution in [0.2, 0.25) is 0 Å². The maximum Gasteiger partial charge on any atom is 0.227 e. The van der Waals surface area contributed by atoms with E-state index in [0.717, 1.165) is 31.4 Å². The first-order valence-electron chi connectivity index (χ1n) is 5.72. The molecule has 0 atom stereocenters. The van der Waals surface area contributed by atoms with Crippen LogP contribution < -0.4 is 5.32 Å². The standard InChI is InChI=1S/C12H17NO2S/c14-11(13-10-4-7-16-9-10)8-12(15)5-2-1-3-6-12/h4,7,9,15H,1-3,5-6,8H2,(H,13,14). The molecule has 0 saturated heterocycles. The van der Waals surface area contributed by atoms with Gasteiger partial charge in [0.1, 0.15) is 0 Å². The van der Waals surface area contributed by atoms with Gasteiger partial charge in [-0.3, -0.25) is 4.79 Å². The number of anilines is 1. The summed E-state index contributed by atoms with van der Waals surface area (Å²) in [7, 11) is 0. The van der Waals surface area contributed by atoms with Crippen LogP contribution in [0.4, 0.5) is 5.69 Å². The molecule has 2 N–H and O–H groups in total. The van der Waals surface area contributed by atoms with Crippen LogP contribution in [-0.2, 0) is 4.79 Å². The van der Waals surface area contributed by atoms with Crippen molar-refractivity contribution >= 4 is 22.9 Å². The molecule has 1 aliphatic rings. The van der Waals surface area contributed by atoms with Crippen LogP contribution >= 0.6 is 11.3 Å². The fourth-order valence-electron chi connectivity index (χ4n) is 2.23. The van der Waals surface area contributed by atoms with Gasteiger partial charge in [-0.1, -0.05) is 19.3 Å². The van der Waals surface area contributed by atoms with Gasteiger partial charge in [0, 0.05) is 5.38 Å². The first-order chi connectivity index (χ1) is 7.68. The summed E-state index contributed by atoms with van der Waals surface area (Å²) in [5.74, 6) is -0.0807. The molecule has 1 aromatic rings. The molecule has 4 heteroatoms. The van der Waals surface area contributed by atoms with Crippen LogP contribution in [0, 0.1) is 0 Å². The van der Waals surface area contributed by atoms with E-state index in [0.29, 0.717) is 0 Å². The second-order valence-corrected chi connectivity index (χ2v) is 5.30. The number of carbonyl (C=O) groups excluding carboxylic acids is 1. The summed E-state index contributed by atoms with van der Waals surface area (Å²) in [5, 5.41) is 16.8. The van der Waals surface area contributed by atoms with Crippen molar-refractivity contribution in [2.24, 2.45) is 0 Å². The highest BCUT2D eigenvalue weighted by molar-refractivity contribution is 7.08. The smallest absolute Gasteiger partial charge is 0.227 e. The Hall–Kier alpha value is -0.870. The third kappa shape index (κ3) is 3.06. The average molecular weight is 239 g/mol. The number of amides is 1. The van der Waals surface area contributed by atoms with E-state index in [1.807, 2.05) is 16.8 Å². The highest BCUT2D eigenvalue weighted by Gasteiger charge is 2.31. The molecular formula is C12H17NO2S. The van der Waals surface area contributed by atoms with E-state index in [1.165, 1.54) is 6.42 Å².